The number of para-hydroxylation sites is 1. The number of nitrogen functional groups attached to an aromatic ring is 1. The third kappa shape index (κ3) is 8.53. The second-order valence-corrected chi connectivity index (χ2v) is 15.1. The molecule has 274 valence electrons. The molecule has 0 fully saturated rings. The third-order valence-electron chi connectivity index (χ3n) is 11.0. The van der Waals surface area contributed by atoms with Gasteiger partial charge in [0.15, 0.2) is 0 Å². The van der Waals surface area contributed by atoms with Crippen LogP contribution in [0.1, 0.15) is 71.9 Å². The standard InChI is InChI=1S/C52H50N2S/c1-4-42-43(5-2)47(52(53)46-26-15-14-25-45(42)46)31-33-51(55)36(3)44-30-28-41(35-48(44)50-32-29-39-23-13-16-27-49(39)54-50)40-24-17-22-38(34-40)21-10-7-6-9-18-37-19-11-8-12-20-37/h4-5,8,11-17,19-20,22-36,51,55H,1-2,6-7,9-10,18,21,53H2,3H3/b33-31-. The van der Waals surface area contributed by atoms with Crippen molar-refractivity contribution in [3.05, 3.63) is 186 Å². The van der Waals surface area contributed by atoms with E-state index < -0.39 is 0 Å². The predicted molar refractivity (Wildman–Crippen MR) is 244 cm³/mol. The Bertz CT molecular complexity index is 2480. The molecule has 7 aromatic rings. The molecule has 1 heterocycles. The minimum absolute atomic E-state index is 0.0675. The maximum absolute atomic E-state index is 6.82. The molecule has 2 nitrogen and oxygen atoms in total. The molecule has 0 aliphatic heterocycles. The van der Waals surface area contributed by atoms with E-state index in [1.807, 2.05) is 24.3 Å². The Morgan fingerprint density at radius 1 is 0.636 bits per heavy atom. The average Bonchev–Trinajstić information content (AvgIpc) is 3.24. The Kier molecular flexibility index (Phi) is 12.1. The molecule has 2 atom stereocenters. The van der Waals surface area contributed by atoms with Crippen LogP contribution in [0, 0.1) is 0 Å². The molecule has 2 unspecified atom stereocenters. The first-order valence-electron chi connectivity index (χ1n) is 19.5. The van der Waals surface area contributed by atoms with Crippen LogP contribution in [0.2, 0.25) is 0 Å². The van der Waals surface area contributed by atoms with Crippen LogP contribution < -0.4 is 5.73 Å². The van der Waals surface area contributed by atoms with E-state index in [1.165, 1.54) is 53.5 Å². The van der Waals surface area contributed by atoms with Crippen molar-refractivity contribution in [3.63, 3.8) is 0 Å². The van der Waals surface area contributed by atoms with E-state index in [4.69, 9.17) is 23.3 Å². The van der Waals surface area contributed by atoms with Crippen molar-refractivity contribution in [2.24, 2.45) is 0 Å². The number of hydrogen-bond acceptors (Lipinski definition) is 3. The lowest BCUT2D eigenvalue weighted by Gasteiger charge is -2.22. The summed E-state index contributed by atoms with van der Waals surface area (Å²) in [6.45, 7) is 10.5. The molecule has 0 aliphatic rings. The Hall–Kier alpha value is -5.64. The summed E-state index contributed by atoms with van der Waals surface area (Å²) in [5.74, 6) is 0.0675. The fourth-order valence-electron chi connectivity index (χ4n) is 7.83. The maximum atomic E-state index is 6.82. The fraction of sp³-hybridized carbons (Fsp3) is 0.173. The van der Waals surface area contributed by atoms with Crippen LogP contribution in [0.4, 0.5) is 5.69 Å². The molecule has 6 aromatic carbocycles. The number of fused-ring (bicyclic) bond motifs is 2. The van der Waals surface area contributed by atoms with Gasteiger partial charge >= 0.3 is 0 Å². The highest BCUT2D eigenvalue weighted by molar-refractivity contribution is 7.81. The zero-order valence-electron chi connectivity index (χ0n) is 31.8. The Morgan fingerprint density at radius 2 is 1.31 bits per heavy atom. The van der Waals surface area contributed by atoms with E-state index in [2.05, 4.69) is 154 Å². The van der Waals surface area contributed by atoms with Crippen LogP contribution in [0.3, 0.4) is 0 Å². The smallest absolute Gasteiger partial charge is 0.0712 e. The van der Waals surface area contributed by atoms with Gasteiger partial charge in [-0.3, -0.25) is 0 Å². The van der Waals surface area contributed by atoms with Crippen molar-refractivity contribution in [2.75, 3.05) is 5.73 Å². The van der Waals surface area contributed by atoms with Crippen LogP contribution in [0.5, 0.6) is 0 Å². The van der Waals surface area contributed by atoms with Gasteiger partial charge in [-0.1, -0.05) is 172 Å². The molecule has 0 bridgehead atoms. The van der Waals surface area contributed by atoms with Crippen LogP contribution >= 0.6 is 12.6 Å². The molecule has 0 saturated carbocycles. The number of benzene rings is 6. The van der Waals surface area contributed by atoms with E-state index in [-0.39, 0.29) is 11.2 Å². The van der Waals surface area contributed by atoms with Gasteiger partial charge in [-0.15, -0.1) is 0 Å². The molecular weight excluding hydrogens is 685 g/mol. The van der Waals surface area contributed by atoms with E-state index in [0.717, 1.165) is 68.2 Å². The van der Waals surface area contributed by atoms with E-state index in [1.54, 1.807) is 0 Å². The zero-order chi connectivity index (χ0) is 38.1. The van der Waals surface area contributed by atoms with Gasteiger partial charge in [-0.05, 0) is 94.1 Å². The van der Waals surface area contributed by atoms with Gasteiger partial charge in [-0.2, -0.15) is 12.6 Å². The first-order chi connectivity index (χ1) is 26.9. The first kappa shape index (κ1) is 37.7. The number of unbranched alkanes of at least 4 members (excludes halogenated alkanes) is 3. The average molecular weight is 735 g/mol. The van der Waals surface area contributed by atoms with Crippen molar-refractivity contribution < 1.29 is 0 Å². The number of nitrogens with two attached hydrogens (primary N) is 1. The molecule has 3 heteroatoms. The Balaban J connectivity index is 1.16. The largest absolute Gasteiger partial charge is 0.398 e. The van der Waals surface area contributed by atoms with Crippen LogP contribution in [0.15, 0.2) is 153 Å². The summed E-state index contributed by atoms with van der Waals surface area (Å²) in [7, 11) is 0. The Morgan fingerprint density at radius 3 is 2.09 bits per heavy atom. The molecule has 0 amide bonds. The maximum Gasteiger partial charge on any atom is 0.0712 e. The topological polar surface area (TPSA) is 38.9 Å². The van der Waals surface area contributed by atoms with Crippen molar-refractivity contribution in [1.82, 2.24) is 4.98 Å². The highest BCUT2D eigenvalue weighted by Gasteiger charge is 2.20. The number of aromatic nitrogens is 1. The molecule has 0 saturated heterocycles. The monoisotopic (exact) mass is 734 g/mol. The molecular formula is C52H50N2S. The molecule has 2 N–H and O–H groups in total. The second kappa shape index (κ2) is 17.7. The quantitative estimate of drug-likeness (QED) is 0.0625. The molecule has 0 radical (unpaired) electrons. The van der Waals surface area contributed by atoms with Gasteiger partial charge in [0.05, 0.1) is 11.2 Å². The van der Waals surface area contributed by atoms with Gasteiger partial charge < -0.3 is 5.73 Å². The normalized spacial score (nSPS) is 12.6. The number of hydrogen-bond donors (Lipinski definition) is 2. The number of nitrogens with zero attached hydrogens (tertiary/aromatic N) is 1. The Labute approximate surface area is 332 Å². The summed E-state index contributed by atoms with van der Waals surface area (Å²) >= 11 is 5.19. The van der Waals surface area contributed by atoms with Crippen LogP contribution in [-0.4, -0.2) is 10.2 Å². The van der Waals surface area contributed by atoms with Gasteiger partial charge in [0.1, 0.15) is 0 Å². The highest BCUT2D eigenvalue weighted by Crippen LogP contribution is 2.39. The summed E-state index contributed by atoms with van der Waals surface area (Å²) in [6.07, 6.45) is 15.2. The van der Waals surface area contributed by atoms with E-state index in [9.17, 15) is 0 Å². The number of pyridine rings is 1. The highest BCUT2D eigenvalue weighted by atomic mass is 32.1. The van der Waals surface area contributed by atoms with Crippen molar-refractivity contribution in [3.8, 4) is 22.4 Å². The van der Waals surface area contributed by atoms with Gasteiger partial charge in [0, 0.05) is 32.8 Å². The predicted octanol–water partition coefficient (Wildman–Crippen LogP) is 14.1. The summed E-state index contributed by atoms with van der Waals surface area (Å²) in [5.41, 5.74) is 20.0. The summed E-state index contributed by atoms with van der Waals surface area (Å²) < 4.78 is 0. The molecule has 55 heavy (non-hydrogen) atoms. The number of aryl methyl sites for hydroxylation is 2. The number of thiol groups is 1. The lowest BCUT2D eigenvalue weighted by molar-refractivity contribution is 0.640. The zero-order valence-corrected chi connectivity index (χ0v) is 32.7. The van der Waals surface area contributed by atoms with Gasteiger partial charge in [0.25, 0.3) is 0 Å². The van der Waals surface area contributed by atoms with Gasteiger partial charge in [-0.25, -0.2) is 4.98 Å². The number of rotatable bonds is 15. The lowest BCUT2D eigenvalue weighted by atomic mass is 9.87. The summed E-state index contributed by atoms with van der Waals surface area (Å²) in [5, 5.41) is 3.11. The molecule has 0 spiro atoms. The number of anilines is 1. The van der Waals surface area contributed by atoms with Crippen LogP contribution in [-0.2, 0) is 12.8 Å². The lowest BCUT2D eigenvalue weighted by Crippen LogP contribution is -2.09. The fourth-order valence-corrected chi connectivity index (χ4v) is 8.08. The molecule has 1 aromatic heterocycles. The van der Waals surface area contributed by atoms with E-state index in [0.29, 0.717) is 0 Å². The van der Waals surface area contributed by atoms with Crippen LogP contribution in [0.25, 0.3) is 62.3 Å². The van der Waals surface area contributed by atoms with Crippen molar-refractivity contribution in [1.29, 1.82) is 0 Å². The summed E-state index contributed by atoms with van der Waals surface area (Å²) in [6, 6.07) is 47.6. The minimum atomic E-state index is -0.100. The molecule has 7 rings (SSSR count). The van der Waals surface area contributed by atoms with Crippen molar-refractivity contribution >= 4 is 58.2 Å². The second-order valence-electron chi connectivity index (χ2n) is 14.5. The summed E-state index contributed by atoms with van der Waals surface area (Å²) in [4.78, 5) is 5.18. The first-order valence-corrected chi connectivity index (χ1v) is 20.1. The molecule has 0 aliphatic carbocycles. The van der Waals surface area contributed by atoms with Crippen molar-refractivity contribution in [2.45, 2.75) is 56.6 Å². The van der Waals surface area contributed by atoms with E-state index >= 15 is 0 Å². The van der Waals surface area contributed by atoms with Gasteiger partial charge in [0.2, 0.25) is 0 Å². The SMILES string of the molecule is C=Cc1c(/C=C\C(S)C(C)c2ccc(-c3cccc(CCCCCCc4ccccc4)c3)cc2-c2ccc3ccccc3n2)c(N)c2ccccc2c1C=C. The third-order valence-corrected chi connectivity index (χ3v) is 11.6. The minimum Gasteiger partial charge on any atom is -0.398 e.